The molecule has 0 spiro atoms. The fourth-order valence-electron chi connectivity index (χ4n) is 5.84. The lowest BCUT2D eigenvalue weighted by Crippen LogP contribution is -2.44. The number of fused-ring (bicyclic) bond motifs is 3. The Morgan fingerprint density at radius 2 is 1.45 bits per heavy atom. The van der Waals surface area contributed by atoms with Crippen molar-refractivity contribution in [3.8, 4) is 16.9 Å². The van der Waals surface area contributed by atoms with Gasteiger partial charge >= 0.3 is 5.97 Å². The normalized spacial score (nSPS) is 25.1. The maximum absolute atomic E-state index is 11.6. The van der Waals surface area contributed by atoms with Crippen molar-refractivity contribution in [1.82, 2.24) is 0 Å². The molecular formula is C29H36O2. The third kappa shape index (κ3) is 4.79. The lowest BCUT2D eigenvalue weighted by Gasteiger charge is -2.54. The molecule has 3 saturated carbocycles. The van der Waals surface area contributed by atoms with E-state index in [0.29, 0.717) is 16.6 Å². The monoisotopic (exact) mass is 416 g/mol. The van der Waals surface area contributed by atoms with Gasteiger partial charge < -0.3 is 4.74 Å². The number of esters is 1. The van der Waals surface area contributed by atoms with E-state index in [9.17, 15) is 4.79 Å². The Morgan fingerprint density at radius 3 is 2.00 bits per heavy atom. The van der Waals surface area contributed by atoms with Crippen LogP contribution < -0.4 is 4.74 Å². The molecule has 0 atom stereocenters. The summed E-state index contributed by atoms with van der Waals surface area (Å²) in [5, 5.41) is 0. The predicted molar refractivity (Wildman–Crippen MR) is 128 cm³/mol. The van der Waals surface area contributed by atoms with E-state index in [1.807, 2.05) is 24.3 Å². The Balaban J connectivity index is 1.41. The SMILES string of the molecule is CC=CC(=O)Oc1ccc(-c2ccc(C34CCC(CCCCC)(CC3)CC4)cc2)cc1. The van der Waals surface area contributed by atoms with E-state index < -0.39 is 0 Å². The Hall–Kier alpha value is -2.35. The van der Waals surface area contributed by atoms with Crippen LogP contribution in [0.5, 0.6) is 5.75 Å². The second-order valence-electron chi connectivity index (χ2n) is 9.76. The lowest BCUT2D eigenvalue weighted by atomic mass is 9.51. The lowest BCUT2D eigenvalue weighted by molar-refractivity contribution is -0.129. The summed E-state index contributed by atoms with van der Waals surface area (Å²) in [6, 6.07) is 17.0. The summed E-state index contributed by atoms with van der Waals surface area (Å²) < 4.78 is 5.29. The Bertz CT molecular complexity index is 880. The Morgan fingerprint density at radius 1 is 0.871 bits per heavy atom. The van der Waals surface area contributed by atoms with Crippen LogP contribution in [0.1, 0.15) is 83.6 Å². The van der Waals surface area contributed by atoms with E-state index in [4.69, 9.17) is 4.74 Å². The van der Waals surface area contributed by atoms with Crippen molar-refractivity contribution >= 4 is 5.97 Å². The van der Waals surface area contributed by atoms with Crippen LogP contribution in [0.4, 0.5) is 0 Å². The Kier molecular flexibility index (Phi) is 6.65. The van der Waals surface area contributed by atoms with Gasteiger partial charge in [0.2, 0.25) is 0 Å². The molecule has 2 nitrogen and oxygen atoms in total. The van der Waals surface area contributed by atoms with Gasteiger partial charge in [-0.05, 0) is 91.5 Å². The number of hydrogen-bond acceptors (Lipinski definition) is 2. The molecule has 3 aliphatic carbocycles. The summed E-state index contributed by atoms with van der Waals surface area (Å²) in [4.78, 5) is 11.6. The van der Waals surface area contributed by atoms with Crippen molar-refractivity contribution in [1.29, 1.82) is 0 Å². The minimum absolute atomic E-state index is 0.340. The number of hydrogen-bond donors (Lipinski definition) is 0. The molecule has 3 fully saturated rings. The number of ether oxygens (including phenoxy) is 1. The summed E-state index contributed by atoms with van der Waals surface area (Å²) in [5.41, 5.74) is 4.98. The van der Waals surface area contributed by atoms with Gasteiger partial charge in [0, 0.05) is 6.08 Å². The number of unbranched alkanes of at least 4 members (excludes halogenated alkanes) is 2. The Labute approximate surface area is 187 Å². The third-order valence-corrected chi connectivity index (χ3v) is 7.92. The molecule has 2 aromatic carbocycles. The maximum Gasteiger partial charge on any atom is 0.335 e. The van der Waals surface area contributed by atoms with Crippen LogP contribution in [0.15, 0.2) is 60.7 Å². The van der Waals surface area contributed by atoms with Gasteiger partial charge in [-0.3, -0.25) is 0 Å². The maximum atomic E-state index is 11.6. The number of allylic oxidation sites excluding steroid dienone is 1. The van der Waals surface area contributed by atoms with Crippen LogP contribution in [-0.2, 0) is 10.2 Å². The minimum atomic E-state index is -0.340. The quantitative estimate of drug-likeness (QED) is 0.188. The number of carbonyl (C=O) groups excluding carboxylic acids is 1. The summed E-state index contributed by atoms with van der Waals surface area (Å²) in [7, 11) is 0. The first kappa shape index (κ1) is 21.9. The molecular weight excluding hydrogens is 380 g/mol. The standard InChI is InChI=1S/C29H36O2/c1-3-5-6-16-28-17-20-29(21-18-28,22-19-28)25-12-8-23(9-13-25)24-10-14-26(15-11-24)31-27(30)7-4-2/h4,7-15H,3,5-6,16-22H2,1-2H3. The highest BCUT2D eigenvalue weighted by Crippen LogP contribution is 2.59. The summed E-state index contributed by atoms with van der Waals surface area (Å²) >= 11 is 0. The molecule has 0 saturated heterocycles. The number of carbonyl (C=O) groups is 1. The highest BCUT2D eigenvalue weighted by molar-refractivity contribution is 5.84. The minimum Gasteiger partial charge on any atom is -0.423 e. The highest BCUT2D eigenvalue weighted by Gasteiger charge is 2.48. The van der Waals surface area contributed by atoms with Crippen LogP contribution in [0.25, 0.3) is 11.1 Å². The largest absolute Gasteiger partial charge is 0.423 e. The first-order chi connectivity index (χ1) is 15.1. The molecule has 0 unspecified atom stereocenters. The molecule has 3 aliphatic rings. The summed E-state index contributed by atoms with van der Waals surface area (Å²) in [6.07, 6.45) is 17.1. The van der Waals surface area contributed by atoms with Crippen LogP contribution >= 0.6 is 0 Å². The van der Waals surface area contributed by atoms with Crippen molar-refractivity contribution in [3.05, 3.63) is 66.2 Å². The van der Waals surface area contributed by atoms with Crippen molar-refractivity contribution in [3.63, 3.8) is 0 Å². The zero-order chi connectivity index (χ0) is 21.7. The van der Waals surface area contributed by atoms with Gasteiger partial charge in [0.05, 0.1) is 0 Å². The third-order valence-electron chi connectivity index (χ3n) is 7.92. The molecule has 0 aromatic heterocycles. The predicted octanol–water partition coefficient (Wildman–Crippen LogP) is 8.01. The second-order valence-corrected chi connectivity index (χ2v) is 9.76. The van der Waals surface area contributed by atoms with Crippen LogP contribution in [0.2, 0.25) is 0 Å². The number of benzene rings is 2. The van der Waals surface area contributed by atoms with Crippen molar-refractivity contribution in [2.24, 2.45) is 5.41 Å². The molecule has 0 heterocycles. The van der Waals surface area contributed by atoms with E-state index in [1.165, 1.54) is 81.4 Å². The molecule has 2 bridgehead atoms. The van der Waals surface area contributed by atoms with Gasteiger partial charge in [-0.2, -0.15) is 0 Å². The van der Waals surface area contributed by atoms with Gasteiger partial charge in [0.1, 0.15) is 5.75 Å². The fraction of sp³-hybridized carbons (Fsp3) is 0.483. The molecule has 0 amide bonds. The molecule has 5 rings (SSSR count). The van der Waals surface area contributed by atoms with Gasteiger partial charge in [-0.15, -0.1) is 0 Å². The average Bonchev–Trinajstić information content (AvgIpc) is 2.81. The second kappa shape index (κ2) is 9.42. The van der Waals surface area contributed by atoms with E-state index >= 15 is 0 Å². The molecule has 0 N–H and O–H groups in total. The zero-order valence-corrected chi connectivity index (χ0v) is 19.2. The molecule has 164 valence electrons. The first-order valence-corrected chi connectivity index (χ1v) is 12.1. The van der Waals surface area contributed by atoms with Crippen molar-refractivity contribution in [2.75, 3.05) is 0 Å². The van der Waals surface area contributed by atoms with Crippen LogP contribution in [0.3, 0.4) is 0 Å². The number of rotatable bonds is 8. The van der Waals surface area contributed by atoms with Gasteiger partial charge in [-0.1, -0.05) is 68.7 Å². The van der Waals surface area contributed by atoms with Crippen molar-refractivity contribution < 1.29 is 9.53 Å². The molecule has 2 heteroatoms. The van der Waals surface area contributed by atoms with E-state index in [2.05, 4.69) is 31.2 Å². The summed E-state index contributed by atoms with van der Waals surface area (Å²) in [6.45, 7) is 4.11. The zero-order valence-electron chi connectivity index (χ0n) is 19.2. The highest BCUT2D eigenvalue weighted by atomic mass is 16.5. The van der Waals surface area contributed by atoms with Gasteiger partial charge in [0.25, 0.3) is 0 Å². The van der Waals surface area contributed by atoms with E-state index in [-0.39, 0.29) is 5.97 Å². The first-order valence-electron chi connectivity index (χ1n) is 12.1. The van der Waals surface area contributed by atoms with E-state index in [0.717, 1.165) is 5.56 Å². The fourth-order valence-corrected chi connectivity index (χ4v) is 5.84. The van der Waals surface area contributed by atoms with Crippen LogP contribution in [-0.4, -0.2) is 5.97 Å². The molecule has 0 aliphatic heterocycles. The van der Waals surface area contributed by atoms with Crippen LogP contribution in [0, 0.1) is 5.41 Å². The molecule has 31 heavy (non-hydrogen) atoms. The summed E-state index contributed by atoms with van der Waals surface area (Å²) in [5.74, 6) is 0.238. The van der Waals surface area contributed by atoms with Gasteiger partial charge in [-0.25, -0.2) is 4.79 Å². The van der Waals surface area contributed by atoms with Gasteiger partial charge in [0.15, 0.2) is 0 Å². The van der Waals surface area contributed by atoms with Crippen molar-refractivity contribution in [2.45, 2.75) is 83.5 Å². The smallest absolute Gasteiger partial charge is 0.335 e. The van der Waals surface area contributed by atoms with E-state index in [1.54, 1.807) is 13.0 Å². The molecule has 0 radical (unpaired) electrons. The average molecular weight is 417 g/mol. The molecule has 2 aromatic rings. The topological polar surface area (TPSA) is 26.3 Å².